The molecule has 6 aromatic rings. The number of rotatable bonds is 10. The number of thiophene rings is 2. The fraction of sp³-hybridized carbons (Fsp3) is 0.267. The van der Waals surface area contributed by atoms with Crippen molar-refractivity contribution >= 4 is 70.5 Å². The second kappa shape index (κ2) is 20.3. The van der Waals surface area contributed by atoms with E-state index in [2.05, 4.69) is 36.5 Å². The van der Waals surface area contributed by atoms with Crippen molar-refractivity contribution in [3.8, 4) is 28.3 Å². The molecule has 0 bridgehead atoms. The van der Waals surface area contributed by atoms with Crippen LogP contribution in [0, 0.1) is 34.1 Å². The van der Waals surface area contributed by atoms with Crippen LogP contribution in [0.3, 0.4) is 0 Å². The predicted molar refractivity (Wildman–Crippen MR) is 247 cm³/mol. The Labute approximate surface area is 392 Å². The number of nitriles is 1. The highest BCUT2D eigenvalue weighted by Gasteiger charge is 2.37. The van der Waals surface area contributed by atoms with E-state index in [0.29, 0.717) is 14.2 Å². The zero-order valence-electron chi connectivity index (χ0n) is 36.3. The summed E-state index contributed by atoms with van der Waals surface area (Å²) in [6.07, 6.45) is -0.343. The number of hydrogen-bond acceptors (Lipinski definition) is 13. The van der Waals surface area contributed by atoms with Gasteiger partial charge in [-0.2, -0.15) is 14.0 Å². The minimum atomic E-state index is -4.14. The second-order valence-corrected chi connectivity index (χ2v) is 23.7. The van der Waals surface area contributed by atoms with Gasteiger partial charge in [0, 0.05) is 73.8 Å². The first-order valence-corrected chi connectivity index (χ1v) is 24.8. The lowest BCUT2D eigenvalue weighted by molar-refractivity contribution is 0.0336. The third kappa shape index (κ3) is 11.6. The number of alkyl carbamates (subject to hydrolysis) is 2. The predicted octanol–water partition coefficient (Wildman–Crippen LogP) is 11.1. The normalized spacial score (nSPS) is 12.8. The number of ether oxygens (including phenoxy) is 2. The maximum Gasteiger partial charge on any atom is 0.407 e. The molecule has 13 nitrogen and oxygen atoms in total. The number of benzene rings is 2. The maximum absolute atomic E-state index is 14.6. The van der Waals surface area contributed by atoms with Crippen LogP contribution < -0.4 is 10.6 Å². The average molecular weight is 1030 g/mol. The molecule has 2 unspecified atom stereocenters. The lowest BCUT2D eigenvalue weighted by atomic mass is 9.87. The smallest absolute Gasteiger partial charge is 0.407 e. The van der Waals surface area contributed by atoms with Gasteiger partial charge < -0.3 is 20.1 Å². The highest BCUT2D eigenvalue weighted by Crippen LogP contribution is 2.48. The molecular formula is C45H44BrF2N5O8S4. The van der Waals surface area contributed by atoms with Gasteiger partial charge in [0.1, 0.15) is 20.6 Å². The number of pyridine rings is 2. The highest BCUT2D eigenvalue weighted by molar-refractivity contribution is 9.10. The van der Waals surface area contributed by atoms with Crippen molar-refractivity contribution in [3.63, 3.8) is 0 Å². The Kier molecular flexibility index (Phi) is 15.7. The Bertz CT molecular complexity index is 2990. The van der Waals surface area contributed by atoms with Crippen molar-refractivity contribution in [3.05, 3.63) is 129 Å². The van der Waals surface area contributed by atoms with Gasteiger partial charge in [-0.1, -0.05) is 69.6 Å². The van der Waals surface area contributed by atoms with Crippen molar-refractivity contribution in [1.82, 2.24) is 20.6 Å². The fourth-order valence-corrected chi connectivity index (χ4v) is 13.6. The van der Waals surface area contributed by atoms with E-state index in [1.807, 2.05) is 47.6 Å². The maximum atomic E-state index is 14.6. The molecule has 0 saturated carbocycles. The Hall–Kier alpha value is -5.59. The van der Waals surface area contributed by atoms with Gasteiger partial charge in [0.15, 0.2) is 0 Å². The second-order valence-electron chi connectivity index (χ2n) is 16.3. The molecule has 65 heavy (non-hydrogen) atoms. The highest BCUT2D eigenvalue weighted by atomic mass is 79.9. The molecule has 4 aromatic heterocycles. The van der Waals surface area contributed by atoms with Gasteiger partial charge >= 0.3 is 12.2 Å². The van der Waals surface area contributed by atoms with E-state index in [-0.39, 0.29) is 46.0 Å². The van der Waals surface area contributed by atoms with Gasteiger partial charge in [0.2, 0.25) is 31.6 Å². The average Bonchev–Trinajstić information content (AvgIpc) is 3.91. The molecule has 0 aliphatic carbocycles. The van der Waals surface area contributed by atoms with Gasteiger partial charge in [-0.3, -0.25) is 0 Å². The van der Waals surface area contributed by atoms with Crippen LogP contribution in [0.5, 0.6) is 0 Å². The number of hydrogen-bond donors (Lipinski definition) is 2. The number of aromatic nitrogens is 2. The molecule has 0 fully saturated rings. The fourth-order valence-electron chi connectivity index (χ4n) is 6.23. The summed E-state index contributed by atoms with van der Waals surface area (Å²) in [6, 6.07) is 22.8. The molecule has 6 rings (SSSR count). The summed E-state index contributed by atoms with van der Waals surface area (Å²) in [5.41, 5.74) is -0.637. The standard InChI is InChI=1S/C23H22FN3O4S2.C22H22BrFN2O4S2/c1-23(2,3)19(31-22(28)26-4)18-12-17(16-9-6-10-27-20(16)24)21(32-18)33(29,30)15-8-5-7-14(11-15)13-25;1-22(2,3)18(30-21(27)25-4)17-12-16(15-9-6-10-26-19(15)24)20(31-17)32(28,29)14-8-5-7-13(23)11-14/h5-12,19H,1-4H3,(H,26,28);5-12,18H,1-4H3,(H,25,27). The number of nitrogens with zero attached hydrogens (tertiary/aromatic N) is 3. The summed E-state index contributed by atoms with van der Waals surface area (Å²) >= 11 is 5.15. The molecule has 342 valence electrons. The number of carbonyl (C=O) groups excluding carboxylic acids is 2. The Morgan fingerprint density at radius 2 is 1.08 bits per heavy atom. The molecule has 0 aliphatic rings. The van der Waals surface area contributed by atoms with E-state index < -0.39 is 66.8 Å². The van der Waals surface area contributed by atoms with Crippen molar-refractivity contribution < 1.29 is 44.7 Å². The lowest BCUT2D eigenvalue weighted by Gasteiger charge is -2.29. The van der Waals surface area contributed by atoms with Crippen LogP contribution in [0.25, 0.3) is 22.3 Å². The number of amides is 2. The van der Waals surface area contributed by atoms with Crippen LogP contribution in [0.15, 0.2) is 120 Å². The summed E-state index contributed by atoms with van der Waals surface area (Å²) in [7, 11) is -5.29. The molecule has 0 saturated heterocycles. The summed E-state index contributed by atoms with van der Waals surface area (Å²) in [5.74, 6) is -1.62. The summed E-state index contributed by atoms with van der Waals surface area (Å²) in [4.78, 5) is 32.2. The quantitative estimate of drug-likeness (QED) is 0.124. The zero-order valence-corrected chi connectivity index (χ0v) is 41.1. The molecule has 4 heterocycles. The largest absolute Gasteiger partial charge is 0.440 e. The third-order valence-corrected chi connectivity index (χ3v) is 16.8. The SMILES string of the molecule is CNC(=O)OC(c1cc(-c2cccnc2F)c(S(=O)(=O)c2cccc(Br)c2)s1)C(C)(C)C.CNC(=O)OC(c1cc(-c2cccnc2F)c(S(=O)(=O)c2cccc(C#N)c2)s1)C(C)(C)C. The number of nitrogens with one attached hydrogen (secondary N) is 2. The lowest BCUT2D eigenvalue weighted by Crippen LogP contribution is -2.28. The molecule has 20 heteroatoms. The number of halogens is 3. The molecular weight excluding hydrogens is 985 g/mol. The van der Waals surface area contributed by atoms with Crippen LogP contribution in [-0.2, 0) is 29.1 Å². The van der Waals surface area contributed by atoms with E-state index in [1.165, 1.54) is 93.2 Å². The topological polar surface area (TPSA) is 195 Å². The first-order valence-electron chi connectivity index (χ1n) is 19.5. The Morgan fingerprint density at radius 1 is 0.662 bits per heavy atom. The summed E-state index contributed by atoms with van der Waals surface area (Å²) in [6.45, 7) is 11.1. The van der Waals surface area contributed by atoms with E-state index in [9.17, 15) is 40.5 Å². The van der Waals surface area contributed by atoms with Crippen LogP contribution in [-0.4, -0.2) is 53.1 Å². The Morgan fingerprint density at radius 3 is 1.45 bits per heavy atom. The van der Waals surface area contributed by atoms with Crippen molar-refractivity contribution in [2.24, 2.45) is 10.8 Å². The molecule has 2 N–H and O–H groups in total. The molecule has 2 aromatic carbocycles. The minimum absolute atomic E-state index is 0.00242. The Balaban J connectivity index is 0.000000244. The molecule has 0 radical (unpaired) electrons. The van der Waals surface area contributed by atoms with Crippen LogP contribution >= 0.6 is 38.6 Å². The molecule has 2 amide bonds. The minimum Gasteiger partial charge on any atom is -0.440 e. The van der Waals surface area contributed by atoms with Crippen LogP contribution in [0.1, 0.15) is 69.1 Å². The molecule has 2 atom stereocenters. The van der Waals surface area contributed by atoms with Gasteiger partial charge in [0.05, 0.1) is 21.4 Å². The van der Waals surface area contributed by atoms with Crippen molar-refractivity contribution in [1.29, 1.82) is 5.26 Å². The van der Waals surface area contributed by atoms with Gasteiger partial charge in [-0.25, -0.2) is 36.4 Å². The summed E-state index contributed by atoms with van der Waals surface area (Å²) in [5, 5.41) is 14.0. The monoisotopic (exact) mass is 1030 g/mol. The molecule has 0 aliphatic heterocycles. The van der Waals surface area contributed by atoms with Gasteiger partial charge in [-0.05, 0) is 72.8 Å². The van der Waals surface area contributed by atoms with Crippen molar-refractivity contribution in [2.75, 3.05) is 14.1 Å². The number of carbonyl (C=O) groups is 2. The first-order chi connectivity index (χ1) is 30.4. The van der Waals surface area contributed by atoms with E-state index in [0.717, 1.165) is 22.7 Å². The zero-order chi connectivity index (χ0) is 48.1. The van der Waals surface area contributed by atoms with E-state index in [1.54, 1.807) is 18.2 Å². The van der Waals surface area contributed by atoms with Crippen LogP contribution in [0.2, 0.25) is 0 Å². The number of sulfone groups is 2. The third-order valence-electron chi connectivity index (χ3n) is 9.35. The summed E-state index contributed by atoms with van der Waals surface area (Å²) < 4.78 is 95.2. The molecule has 0 spiro atoms. The first kappa shape index (κ1) is 50.4. The van der Waals surface area contributed by atoms with Gasteiger partial charge in [-0.15, -0.1) is 22.7 Å². The van der Waals surface area contributed by atoms with Crippen molar-refractivity contribution in [2.45, 2.75) is 72.0 Å². The van der Waals surface area contributed by atoms with E-state index >= 15 is 0 Å². The van der Waals surface area contributed by atoms with Crippen LogP contribution in [0.4, 0.5) is 18.4 Å². The van der Waals surface area contributed by atoms with E-state index in [4.69, 9.17) is 9.47 Å². The van der Waals surface area contributed by atoms with Gasteiger partial charge in [0.25, 0.3) is 0 Å².